The van der Waals surface area contributed by atoms with Crippen LogP contribution >= 0.6 is 23.2 Å². The minimum Gasteiger partial charge on any atom is -0.356 e. The molecule has 0 spiro atoms. The van der Waals surface area contributed by atoms with Crippen molar-refractivity contribution in [2.45, 2.75) is 52.1 Å². The second-order valence-electron chi connectivity index (χ2n) is 8.19. The highest BCUT2D eigenvalue weighted by Crippen LogP contribution is 2.24. The van der Waals surface area contributed by atoms with E-state index in [0.717, 1.165) is 0 Å². The van der Waals surface area contributed by atoms with E-state index in [1.54, 1.807) is 0 Å². The third kappa shape index (κ3) is 6.34. The molecule has 29 heavy (non-hydrogen) atoms. The van der Waals surface area contributed by atoms with Crippen LogP contribution in [0, 0.1) is 22.7 Å². The summed E-state index contributed by atoms with van der Waals surface area (Å²) >= 11 is 11.7. The molecular formula is C18H24Cl2N6O3. The average Bonchev–Trinajstić information content (AvgIpc) is 3.18. The molecule has 11 heteroatoms. The van der Waals surface area contributed by atoms with Gasteiger partial charge in [-0.2, -0.15) is 10.4 Å². The van der Waals surface area contributed by atoms with Crippen LogP contribution in [0.3, 0.4) is 0 Å². The molecule has 3 atom stereocenters. The van der Waals surface area contributed by atoms with Gasteiger partial charge in [0, 0.05) is 12.5 Å². The maximum Gasteiger partial charge on any atom is 0.274 e. The number of nitrogens with one attached hydrogen (secondary N) is 4. The van der Waals surface area contributed by atoms with E-state index in [9.17, 15) is 19.6 Å². The predicted molar refractivity (Wildman–Crippen MR) is 107 cm³/mol. The Balaban J connectivity index is 2.10. The van der Waals surface area contributed by atoms with Crippen molar-refractivity contribution in [3.8, 4) is 6.07 Å². The number of rotatable bonds is 7. The summed E-state index contributed by atoms with van der Waals surface area (Å²) < 4.78 is 0. The first-order valence-corrected chi connectivity index (χ1v) is 9.95. The van der Waals surface area contributed by atoms with E-state index < -0.39 is 23.9 Å². The molecule has 158 valence electrons. The zero-order valence-corrected chi connectivity index (χ0v) is 17.9. The molecule has 4 N–H and O–H groups in total. The Kier molecular flexibility index (Phi) is 7.49. The monoisotopic (exact) mass is 442 g/mol. The van der Waals surface area contributed by atoms with Crippen LogP contribution in [0.15, 0.2) is 0 Å². The van der Waals surface area contributed by atoms with Crippen LogP contribution in [0.2, 0.25) is 10.2 Å². The molecule has 0 aromatic carbocycles. The zero-order valence-electron chi connectivity index (χ0n) is 16.4. The van der Waals surface area contributed by atoms with Gasteiger partial charge in [-0.15, -0.1) is 0 Å². The second-order valence-corrected chi connectivity index (χ2v) is 8.95. The van der Waals surface area contributed by atoms with Crippen LogP contribution < -0.4 is 16.0 Å². The quantitative estimate of drug-likeness (QED) is 0.509. The fourth-order valence-electron chi connectivity index (χ4n) is 3.08. The number of hydrogen-bond acceptors (Lipinski definition) is 5. The third-order valence-corrected chi connectivity index (χ3v) is 5.21. The van der Waals surface area contributed by atoms with Crippen molar-refractivity contribution in [3.05, 3.63) is 15.9 Å². The molecule has 2 rings (SSSR count). The number of H-pyrrole nitrogens is 1. The Morgan fingerprint density at radius 1 is 1.34 bits per heavy atom. The van der Waals surface area contributed by atoms with E-state index in [4.69, 9.17) is 23.2 Å². The Hall–Kier alpha value is -2.31. The molecule has 1 aliphatic heterocycles. The molecule has 3 amide bonds. The van der Waals surface area contributed by atoms with Gasteiger partial charge in [-0.05, 0) is 24.7 Å². The van der Waals surface area contributed by atoms with Crippen molar-refractivity contribution >= 4 is 40.9 Å². The van der Waals surface area contributed by atoms with Crippen molar-refractivity contribution in [1.29, 1.82) is 5.26 Å². The highest BCUT2D eigenvalue weighted by Gasteiger charge is 2.32. The van der Waals surface area contributed by atoms with Crippen molar-refractivity contribution in [2.24, 2.45) is 11.3 Å². The summed E-state index contributed by atoms with van der Waals surface area (Å²) in [6.07, 6.45) is 1.14. The highest BCUT2D eigenvalue weighted by molar-refractivity contribution is 6.43. The molecule has 9 nitrogen and oxygen atoms in total. The first kappa shape index (κ1) is 23.0. The number of nitriles is 1. The van der Waals surface area contributed by atoms with Crippen molar-refractivity contribution in [1.82, 2.24) is 26.1 Å². The largest absolute Gasteiger partial charge is 0.356 e. The average molecular weight is 443 g/mol. The number of nitrogens with zero attached hydrogens (tertiary/aromatic N) is 2. The number of carbonyl (C=O) groups is 3. The molecule has 1 saturated heterocycles. The molecule has 0 bridgehead atoms. The van der Waals surface area contributed by atoms with Crippen molar-refractivity contribution in [2.75, 3.05) is 6.54 Å². The number of hydrogen-bond donors (Lipinski definition) is 4. The van der Waals surface area contributed by atoms with E-state index in [0.29, 0.717) is 19.4 Å². The van der Waals surface area contributed by atoms with E-state index in [2.05, 4.69) is 26.1 Å². The normalized spacial score (nSPS) is 18.5. The molecule has 0 unspecified atom stereocenters. The number of aromatic nitrogens is 2. The first-order chi connectivity index (χ1) is 13.5. The van der Waals surface area contributed by atoms with Crippen LogP contribution in [0.25, 0.3) is 0 Å². The lowest BCUT2D eigenvalue weighted by Crippen LogP contribution is -2.51. The molecule has 1 aromatic rings. The van der Waals surface area contributed by atoms with Crippen LogP contribution in [0.4, 0.5) is 0 Å². The second kappa shape index (κ2) is 9.46. The standard InChI is InChI=1S/C18H24Cl2N6O3/c1-18(2,3)7-11(24-17(29)13-12(19)14(20)26-25-13)16(28)23-10(8-21)6-9-4-5-22-15(9)27/h9-11H,4-7H2,1-3H3,(H,22,27)(H,23,28)(H,24,29)(H,25,26)/t9-,10-,11-/m0/s1. The van der Waals surface area contributed by atoms with Crippen LogP contribution in [-0.2, 0) is 9.59 Å². The van der Waals surface area contributed by atoms with Crippen LogP contribution in [0.5, 0.6) is 0 Å². The van der Waals surface area contributed by atoms with Gasteiger partial charge >= 0.3 is 0 Å². The maximum absolute atomic E-state index is 12.8. The molecule has 0 saturated carbocycles. The molecule has 1 aromatic heterocycles. The highest BCUT2D eigenvalue weighted by atomic mass is 35.5. The maximum atomic E-state index is 12.8. The van der Waals surface area contributed by atoms with Crippen molar-refractivity contribution < 1.29 is 14.4 Å². The van der Waals surface area contributed by atoms with Gasteiger partial charge < -0.3 is 16.0 Å². The molecule has 1 fully saturated rings. The Bertz CT molecular complexity index is 827. The lowest BCUT2D eigenvalue weighted by Gasteiger charge is -2.27. The Morgan fingerprint density at radius 2 is 2.03 bits per heavy atom. The summed E-state index contributed by atoms with van der Waals surface area (Å²) in [6.45, 7) is 6.32. The van der Waals surface area contributed by atoms with Crippen molar-refractivity contribution in [3.63, 3.8) is 0 Å². The topological polar surface area (TPSA) is 140 Å². The molecule has 0 aliphatic carbocycles. The van der Waals surface area contributed by atoms with Gasteiger partial charge in [-0.3, -0.25) is 19.5 Å². The van der Waals surface area contributed by atoms with Gasteiger partial charge in [0.25, 0.3) is 5.91 Å². The summed E-state index contributed by atoms with van der Waals surface area (Å²) in [5.74, 6) is -1.62. The summed E-state index contributed by atoms with van der Waals surface area (Å²) in [4.78, 5) is 37.1. The van der Waals surface area contributed by atoms with Gasteiger partial charge in [0.05, 0.1) is 6.07 Å². The van der Waals surface area contributed by atoms with Gasteiger partial charge in [-0.25, -0.2) is 0 Å². The molecular weight excluding hydrogens is 419 g/mol. The minimum atomic E-state index is -0.928. The van der Waals surface area contributed by atoms with Crippen LogP contribution in [0.1, 0.15) is 50.5 Å². The predicted octanol–water partition coefficient (Wildman–Crippen LogP) is 1.79. The summed E-state index contributed by atoms with van der Waals surface area (Å²) in [5.41, 5.74) is -0.418. The molecule has 2 heterocycles. The first-order valence-electron chi connectivity index (χ1n) is 9.19. The summed E-state index contributed by atoms with van der Waals surface area (Å²) in [6, 6.07) is 0.239. The smallest absolute Gasteiger partial charge is 0.274 e. The lowest BCUT2D eigenvalue weighted by molar-refractivity contribution is -0.125. The SMILES string of the molecule is CC(C)(C)C[C@H](NC(=O)c1n[nH]c(Cl)c1Cl)C(=O)N[C@H](C#N)C[C@@H]1CCNC1=O. The minimum absolute atomic E-state index is 0.0213. The van der Waals surface area contributed by atoms with E-state index in [1.807, 2.05) is 26.8 Å². The zero-order chi connectivity index (χ0) is 21.8. The lowest BCUT2D eigenvalue weighted by atomic mass is 9.87. The summed E-state index contributed by atoms with van der Waals surface area (Å²) in [5, 5.41) is 23.5. The number of aromatic amines is 1. The van der Waals surface area contributed by atoms with E-state index in [1.165, 1.54) is 0 Å². The fraction of sp³-hybridized carbons (Fsp3) is 0.611. The van der Waals surface area contributed by atoms with Gasteiger partial charge in [0.1, 0.15) is 22.3 Å². The Morgan fingerprint density at radius 3 is 2.52 bits per heavy atom. The summed E-state index contributed by atoms with van der Waals surface area (Å²) in [7, 11) is 0. The Labute approximate surface area is 178 Å². The van der Waals surface area contributed by atoms with Gasteiger partial charge in [0.2, 0.25) is 11.8 Å². The number of halogens is 2. The van der Waals surface area contributed by atoms with Gasteiger partial charge in [-0.1, -0.05) is 44.0 Å². The molecule has 0 radical (unpaired) electrons. The molecule has 1 aliphatic rings. The van der Waals surface area contributed by atoms with Crippen LogP contribution in [-0.4, -0.2) is 46.5 Å². The number of carbonyl (C=O) groups excluding carboxylic acids is 3. The number of amides is 3. The van der Waals surface area contributed by atoms with Gasteiger partial charge in [0.15, 0.2) is 5.69 Å². The van der Waals surface area contributed by atoms with E-state index in [-0.39, 0.29) is 39.5 Å². The fourth-order valence-corrected chi connectivity index (χ4v) is 3.38. The van der Waals surface area contributed by atoms with E-state index >= 15 is 0 Å². The third-order valence-electron chi connectivity index (χ3n) is 4.48.